The number of piperidine rings is 1. The van der Waals surface area contributed by atoms with Crippen molar-refractivity contribution in [1.82, 2.24) is 0 Å². The summed E-state index contributed by atoms with van der Waals surface area (Å²) in [6.45, 7) is 11.0. The average Bonchev–Trinajstić information content (AvgIpc) is 3.14. The fraction of sp³-hybridized carbons (Fsp3) is 0.537. The lowest BCUT2D eigenvalue weighted by molar-refractivity contribution is -0.177. The van der Waals surface area contributed by atoms with Crippen molar-refractivity contribution in [2.24, 2.45) is 11.3 Å². The molecule has 1 amide bonds. The van der Waals surface area contributed by atoms with Crippen molar-refractivity contribution in [3.05, 3.63) is 83.4 Å². The molecule has 2 saturated heterocycles. The number of para-hydroxylation sites is 1. The Morgan fingerprint density at radius 3 is 2.10 bits per heavy atom. The summed E-state index contributed by atoms with van der Waals surface area (Å²) in [6.07, 6.45) is 6.55. The molecule has 0 aromatic heterocycles. The third kappa shape index (κ3) is 7.79. The second kappa shape index (κ2) is 17.5. The number of carbonyl (C=O) groups excluding carboxylic acids is 1. The fourth-order valence-corrected chi connectivity index (χ4v) is 7.45. The SMILES string of the molecule is CCCCOC(OCCCC)C1CCN(c2cc(OC)c(C3N(c4cccc(F)c4OCc4ccccc4)C(=O)C3(CC)CC)cc2F)CC1. The summed E-state index contributed by atoms with van der Waals surface area (Å²) in [4.78, 5) is 17.7. The van der Waals surface area contributed by atoms with Gasteiger partial charge in [-0.2, -0.15) is 0 Å². The Bertz CT molecular complexity index is 1530. The second-order valence-electron chi connectivity index (χ2n) is 13.5. The van der Waals surface area contributed by atoms with Crippen molar-refractivity contribution in [3.8, 4) is 11.5 Å². The normalized spacial score (nSPS) is 17.7. The summed E-state index contributed by atoms with van der Waals surface area (Å²) < 4.78 is 56.1. The van der Waals surface area contributed by atoms with Crippen LogP contribution in [0.3, 0.4) is 0 Å². The van der Waals surface area contributed by atoms with Crippen molar-refractivity contribution < 1.29 is 32.5 Å². The molecule has 1 atom stereocenters. The number of carbonyl (C=O) groups is 1. The summed E-state index contributed by atoms with van der Waals surface area (Å²) in [5, 5.41) is 0. The minimum Gasteiger partial charge on any atom is -0.496 e. The van der Waals surface area contributed by atoms with E-state index in [2.05, 4.69) is 18.7 Å². The van der Waals surface area contributed by atoms with E-state index in [1.54, 1.807) is 30.2 Å². The van der Waals surface area contributed by atoms with E-state index < -0.39 is 17.3 Å². The molecule has 2 aliphatic heterocycles. The molecule has 0 bridgehead atoms. The first-order valence-electron chi connectivity index (χ1n) is 18.5. The Balaban J connectivity index is 1.41. The van der Waals surface area contributed by atoms with Gasteiger partial charge < -0.3 is 23.8 Å². The molecule has 0 saturated carbocycles. The van der Waals surface area contributed by atoms with E-state index in [1.807, 2.05) is 44.2 Å². The van der Waals surface area contributed by atoms with E-state index in [1.165, 1.54) is 12.1 Å². The Kier molecular flexibility index (Phi) is 13.1. The minimum absolute atomic E-state index is 0.00918. The van der Waals surface area contributed by atoms with E-state index in [4.69, 9.17) is 18.9 Å². The third-order valence-electron chi connectivity index (χ3n) is 10.5. The second-order valence-corrected chi connectivity index (χ2v) is 13.5. The number of anilines is 2. The molecule has 50 heavy (non-hydrogen) atoms. The summed E-state index contributed by atoms with van der Waals surface area (Å²) >= 11 is 0. The molecule has 0 N–H and O–H groups in total. The molecule has 2 fully saturated rings. The number of methoxy groups -OCH3 is 1. The molecule has 2 aliphatic rings. The highest BCUT2D eigenvalue weighted by atomic mass is 19.1. The molecule has 272 valence electrons. The molecule has 0 spiro atoms. The molecule has 1 unspecified atom stereocenters. The van der Waals surface area contributed by atoms with Gasteiger partial charge in [-0.3, -0.25) is 9.69 Å². The van der Waals surface area contributed by atoms with Crippen LogP contribution in [0.15, 0.2) is 60.7 Å². The Labute approximate surface area is 296 Å². The molecule has 0 aliphatic carbocycles. The van der Waals surface area contributed by atoms with Crippen LogP contribution in [0, 0.1) is 23.0 Å². The zero-order valence-electron chi connectivity index (χ0n) is 30.4. The summed E-state index contributed by atoms with van der Waals surface area (Å²) in [5.41, 5.74) is 1.40. The molecule has 5 rings (SSSR count). The van der Waals surface area contributed by atoms with Crippen LogP contribution in [-0.4, -0.2) is 45.6 Å². The number of rotatable bonds is 18. The van der Waals surface area contributed by atoms with Crippen LogP contribution in [0.25, 0.3) is 0 Å². The molecule has 7 nitrogen and oxygen atoms in total. The van der Waals surface area contributed by atoms with Crippen molar-refractivity contribution in [2.45, 2.75) is 98.0 Å². The van der Waals surface area contributed by atoms with Crippen molar-refractivity contribution in [1.29, 1.82) is 0 Å². The Morgan fingerprint density at radius 2 is 1.50 bits per heavy atom. The van der Waals surface area contributed by atoms with Gasteiger partial charge in [-0.25, -0.2) is 8.78 Å². The molecule has 9 heteroatoms. The number of unbranched alkanes of at least 4 members (excludes halogenated alkanes) is 2. The third-order valence-corrected chi connectivity index (χ3v) is 10.5. The van der Waals surface area contributed by atoms with Crippen molar-refractivity contribution >= 4 is 17.3 Å². The van der Waals surface area contributed by atoms with Gasteiger partial charge in [0.05, 0.1) is 29.9 Å². The van der Waals surface area contributed by atoms with E-state index in [0.717, 1.165) is 44.1 Å². The zero-order valence-corrected chi connectivity index (χ0v) is 30.4. The van der Waals surface area contributed by atoms with E-state index in [9.17, 15) is 4.79 Å². The van der Waals surface area contributed by atoms with Crippen LogP contribution in [0.5, 0.6) is 11.5 Å². The van der Waals surface area contributed by atoms with Gasteiger partial charge in [0.1, 0.15) is 18.2 Å². The van der Waals surface area contributed by atoms with Crippen LogP contribution in [0.1, 0.15) is 96.2 Å². The van der Waals surface area contributed by atoms with Gasteiger partial charge in [-0.15, -0.1) is 0 Å². The van der Waals surface area contributed by atoms with Gasteiger partial charge in [-0.05, 0) is 62.3 Å². The summed E-state index contributed by atoms with van der Waals surface area (Å²) in [7, 11) is 1.57. The molecular weight excluding hydrogens is 638 g/mol. The number of β-lactam (4-membered cyclic amide) rings is 1. The van der Waals surface area contributed by atoms with Crippen molar-refractivity contribution in [2.75, 3.05) is 43.2 Å². The predicted molar refractivity (Wildman–Crippen MR) is 194 cm³/mol. The summed E-state index contributed by atoms with van der Waals surface area (Å²) in [6, 6.07) is 16.8. The highest BCUT2D eigenvalue weighted by molar-refractivity contribution is 6.07. The number of hydrogen-bond donors (Lipinski definition) is 0. The highest BCUT2D eigenvalue weighted by Crippen LogP contribution is 2.59. The summed E-state index contributed by atoms with van der Waals surface area (Å²) in [5.74, 6) is -0.379. The maximum Gasteiger partial charge on any atom is 0.236 e. The van der Waals surface area contributed by atoms with E-state index in [-0.39, 0.29) is 36.3 Å². The maximum atomic E-state index is 16.3. The largest absolute Gasteiger partial charge is 0.496 e. The lowest BCUT2D eigenvalue weighted by atomic mass is 9.64. The standard InChI is InChI=1S/C41H54F2N2O5/c1-6-10-24-48-39(49-25-11-7-2)30-20-22-44(23-21-30)35-27-36(47-5)31(26-33(35)43)38-41(8-3,9-4)40(46)45(38)34-19-15-18-32(42)37(34)50-28-29-16-13-12-14-17-29/h12-19,26-27,30,38-39H,6-11,20-25,28H2,1-5H3. The quantitative estimate of drug-likeness (QED) is 0.0752. The van der Waals surface area contributed by atoms with Crippen molar-refractivity contribution in [3.63, 3.8) is 0 Å². The molecule has 3 aromatic carbocycles. The molecule has 0 radical (unpaired) electrons. The number of nitrogens with zero attached hydrogens (tertiary/aromatic N) is 2. The fourth-order valence-electron chi connectivity index (χ4n) is 7.45. The number of halogens is 2. The molecular formula is C41H54F2N2O5. The van der Waals surface area contributed by atoms with Crippen LogP contribution in [0.4, 0.5) is 20.2 Å². The van der Waals surface area contributed by atoms with E-state index in [0.29, 0.717) is 61.8 Å². The van der Waals surface area contributed by atoms with E-state index >= 15 is 8.78 Å². The zero-order chi connectivity index (χ0) is 35.7. The van der Waals surface area contributed by atoms with Crippen LogP contribution < -0.4 is 19.3 Å². The van der Waals surface area contributed by atoms with Gasteiger partial charge in [0.15, 0.2) is 17.9 Å². The van der Waals surface area contributed by atoms with Gasteiger partial charge in [0, 0.05) is 43.9 Å². The number of hydrogen-bond acceptors (Lipinski definition) is 6. The van der Waals surface area contributed by atoms with Gasteiger partial charge in [-0.1, -0.05) is 76.9 Å². The number of ether oxygens (including phenoxy) is 4. The van der Waals surface area contributed by atoms with Gasteiger partial charge in [0.2, 0.25) is 5.91 Å². The van der Waals surface area contributed by atoms with Crippen LogP contribution in [0.2, 0.25) is 0 Å². The van der Waals surface area contributed by atoms with Crippen LogP contribution in [-0.2, 0) is 20.9 Å². The lowest BCUT2D eigenvalue weighted by Gasteiger charge is -2.56. The molecule has 2 heterocycles. The Morgan fingerprint density at radius 1 is 0.840 bits per heavy atom. The first kappa shape index (κ1) is 37.6. The predicted octanol–water partition coefficient (Wildman–Crippen LogP) is 9.62. The maximum absolute atomic E-state index is 16.3. The Hall–Kier alpha value is -3.69. The average molecular weight is 693 g/mol. The topological polar surface area (TPSA) is 60.5 Å². The van der Waals surface area contributed by atoms with Gasteiger partial charge >= 0.3 is 0 Å². The lowest BCUT2D eigenvalue weighted by Crippen LogP contribution is -2.63. The monoisotopic (exact) mass is 692 g/mol. The van der Waals surface area contributed by atoms with Crippen LogP contribution >= 0.6 is 0 Å². The number of benzene rings is 3. The first-order chi connectivity index (χ1) is 24.3. The highest BCUT2D eigenvalue weighted by Gasteiger charge is 2.61. The minimum atomic E-state index is -0.812. The molecule has 3 aromatic rings. The van der Waals surface area contributed by atoms with Gasteiger partial charge in [0.25, 0.3) is 0 Å². The number of amides is 1. The first-order valence-corrected chi connectivity index (χ1v) is 18.5. The smallest absolute Gasteiger partial charge is 0.236 e.